The van der Waals surface area contributed by atoms with Crippen LogP contribution >= 0.6 is 0 Å². The maximum Gasteiger partial charge on any atom is 0.416 e. The molecule has 6 nitrogen and oxygen atoms in total. The van der Waals surface area contributed by atoms with Crippen molar-refractivity contribution < 1.29 is 22.9 Å². The highest BCUT2D eigenvalue weighted by atomic mass is 19.4. The van der Waals surface area contributed by atoms with Crippen LogP contribution in [0.15, 0.2) is 61.2 Å². The summed E-state index contributed by atoms with van der Waals surface area (Å²) >= 11 is 0. The summed E-state index contributed by atoms with van der Waals surface area (Å²) in [6.45, 7) is 4.73. The molecule has 9 heteroatoms. The highest BCUT2D eigenvalue weighted by molar-refractivity contribution is 5.95. The fourth-order valence-electron chi connectivity index (χ4n) is 3.76. The summed E-state index contributed by atoms with van der Waals surface area (Å²) in [6, 6.07) is 11.8. The summed E-state index contributed by atoms with van der Waals surface area (Å²) in [5.41, 5.74) is -0.753. The van der Waals surface area contributed by atoms with Gasteiger partial charge in [-0.2, -0.15) is 13.2 Å². The van der Waals surface area contributed by atoms with Crippen LogP contribution in [0.25, 0.3) is 0 Å². The van der Waals surface area contributed by atoms with E-state index in [2.05, 4.69) is 6.58 Å². The van der Waals surface area contributed by atoms with E-state index in [1.807, 2.05) is 30.3 Å². The second-order valence-corrected chi connectivity index (χ2v) is 7.29. The van der Waals surface area contributed by atoms with Crippen LogP contribution in [0.1, 0.15) is 18.4 Å². The summed E-state index contributed by atoms with van der Waals surface area (Å²) in [6.07, 6.45) is -2.13. The Morgan fingerprint density at radius 3 is 2.39 bits per heavy atom. The number of nitro groups is 1. The number of carbonyl (C=O) groups excluding carboxylic acids is 1. The maximum atomic E-state index is 13.1. The SMILES string of the molecule is C=CCN(C(=O)C1CCN(c2ccc(C(F)(F)F)cc2[N+](=O)[O-])CC1)c1ccccc1. The van der Waals surface area contributed by atoms with Crippen molar-refractivity contribution in [2.75, 3.05) is 29.4 Å². The van der Waals surface area contributed by atoms with E-state index >= 15 is 0 Å². The number of alkyl halides is 3. The third-order valence-electron chi connectivity index (χ3n) is 5.33. The van der Waals surface area contributed by atoms with Crippen LogP contribution in [0.2, 0.25) is 0 Å². The topological polar surface area (TPSA) is 66.7 Å². The van der Waals surface area contributed by atoms with E-state index < -0.39 is 22.4 Å². The third kappa shape index (κ3) is 5.04. The van der Waals surface area contributed by atoms with Gasteiger partial charge in [0.15, 0.2) is 0 Å². The van der Waals surface area contributed by atoms with Crippen molar-refractivity contribution in [2.24, 2.45) is 5.92 Å². The first-order chi connectivity index (χ1) is 14.7. The molecule has 1 heterocycles. The van der Waals surface area contributed by atoms with E-state index in [-0.39, 0.29) is 17.5 Å². The number of carbonyl (C=O) groups is 1. The van der Waals surface area contributed by atoms with Gasteiger partial charge in [0.05, 0.1) is 10.5 Å². The molecule has 164 valence electrons. The van der Waals surface area contributed by atoms with Crippen molar-refractivity contribution >= 4 is 23.0 Å². The highest BCUT2D eigenvalue weighted by Crippen LogP contribution is 2.38. The molecular formula is C22H22F3N3O3. The second-order valence-electron chi connectivity index (χ2n) is 7.29. The van der Waals surface area contributed by atoms with Crippen molar-refractivity contribution in [3.05, 3.63) is 76.9 Å². The highest BCUT2D eigenvalue weighted by Gasteiger charge is 2.35. The number of rotatable bonds is 6. The van der Waals surface area contributed by atoms with Crippen LogP contribution in [0.5, 0.6) is 0 Å². The zero-order chi connectivity index (χ0) is 22.6. The second kappa shape index (κ2) is 9.20. The monoisotopic (exact) mass is 433 g/mol. The zero-order valence-electron chi connectivity index (χ0n) is 16.7. The van der Waals surface area contributed by atoms with Crippen molar-refractivity contribution in [2.45, 2.75) is 19.0 Å². The van der Waals surface area contributed by atoms with Gasteiger partial charge < -0.3 is 9.80 Å². The number of piperidine rings is 1. The molecule has 0 atom stereocenters. The van der Waals surface area contributed by atoms with Gasteiger partial charge in [0, 0.05) is 37.3 Å². The summed E-state index contributed by atoms with van der Waals surface area (Å²) in [4.78, 5) is 27.0. The Hall–Kier alpha value is -3.36. The Morgan fingerprint density at radius 2 is 1.84 bits per heavy atom. The fourth-order valence-corrected chi connectivity index (χ4v) is 3.76. The molecule has 0 spiro atoms. The smallest absolute Gasteiger partial charge is 0.366 e. The first-order valence-corrected chi connectivity index (χ1v) is 9.80. The number of anilines is 2. The quantitative estimate of drug-likeness (QED) is 0.363. The van der Waals surface area contributed by atoms with E-state index in [4.69, 9.17) is 0 Å². The number of nitro benzene ring substituents is 1. The molecule has 0 aromatic heterocycles. The van der Waals surface area contributed by atoms with Crippen LogP contribution in [0.4, 0.5) is 30.2 Å². The number of para-hydroxylation sites is 1. The molecule has 1 fully saturated rings. The van der Waals surface area contributed by atoms with Gasteiger partial charge >= 0.3 is 6.18 Å². The van der Waals surface area contributed by atoms with Crippen molar-refractivity contribution in [3.8, 4) is 0 Å². The lowest BCUT2D eigenvalue weighted by Crippen LogP contribution is -2.43. The number of benzene rings is 2. The van der Waals surface area contributed by atoms with Crippen LogP contribution < -0.4 is 9.80 Å². The molecule has 2 aromatic rings. The predicted octanol–water partition coefficient (Wildman–Crippen LogP) is 5.05. The minimum absolute atomic E-state index is 0.0623. The normalized spacial score (nSPS) is 14.9. The van der Waals surface area contributed by atoms with E-state index in [0.29, 0.717) is 38.5 Å². The van der Waals surface area contributed by atoms with Crippen LogP contribution in [0.3, 0.4) is 0 Å². The molecule has 0 N–H and O–H groups in total. The van der Waals surface area contributed by atoms with Gasteiger partial charge in [-0.3, -0.25) is 14.9 Å². The van der Waals surface area contributed by atoms with Gasteiger partial charge in [0.2, 0.25) is 5.91 Å². The molecule has 1 aliphatic rings. The Morgan fingerprint density at radius 1 is 1.19 bits per heavy atom. The van der Waals surface area contributed by atoms with Gasteiger partial charge in [0.1, 0.15) is 5.69 Å². The molecule has 2 aromatic carbocycles. The van der Waals surface area contributed by atoms with Gasteiger partial charge in [-0.25, -0.2) is 0 Å². The Labute approximate surface area is 177 Å². The van der Waals surface area contributed by atoms with E-state index in [1.165, 1.54) is 0 Å². The van der Waals surface area contributed by atoms with Crippen LogP contribution in [-0.4, -0.2) is 30.5 Å². The molecule has 0 bridgehead atoms. The predicted molar refractivity (Wildman–Crippen MR) is 112 cm³/mol. The number of amides is 1. The van der Waals surface area contributed by atoms with Gasteiger partial charge in [-0.05, 0) is 37.1 Å². The molecular weight excluding hydrogens is 411 g/mol. The molecule has 1 saturated heterocycles. The standard InChI is InChI=1S/C22H22F3N3O3/c1-2-12-27(18-6-4-3-5-7-18)21(29)16-10-13-26(14-11-16)19-9-8-17(22(23,24)25)15-20(19)28(30)31/h2-9,15-16H,1,10-14H2. The molecule has 3 rings (SSSR count). The minimum atomic E-state index is -4.66. The average Bonchev–Trinajstić information content (AvgIpc) is 2.76. The molecule has 0 saturated carbocycles. The first-order valence-electron chi connectivity index (χ1n) is 9.80. The van der Waals surface area contributed by atoms with Gasteiger partial charge in [-0.15, -0.1) is 6.58 Å². The first kappa shape index (κ1) is 22.3. The minimum Gasteiger partial charge on any atom is -0.366 e. The van der Waals surface area contributed by atoms with Gasteiger partial charge in [-0.1, -0.05) is 24.3 Å². The van der Waals surface area contributed by atoms with Crippen molar-refractivity contribution in [3.63, 3.8) is 0 Å². The zero-order valence-corrected chi connectivity index (χ0v) is 16.7. The number of hydrogen-bond acceptors (Lipinski definition) is 4. The largest absolute Gasteiger partial charge is 0.416 e. The number of nitrogens with zero attached hydrogens (tertiary/aromatic N) is 3. The Balaban J connectivity index is 1.75. The molecule has 0 aliphatic carbocycles. The van der Waals surface area contributed by atoms with Gasteiger partial charge in [0.25, 0.3) is 5.69 Å². The molecule has 1 aliphatic heterocycles. The Kier molecular flexibility index (Phi) is 6.62. The van der Waals surface area contributed by atoms with E-state index in [0.717, 1.165) is 17.8 Å². The molecule has 31 heavy (non-hydrogen) atoms. The van der Waals surface area contributed by atoms with Crippen LogP contribution in [0, 0.1) is 16.0 Å². The number of hydrogen-bond donors (Lipinski definition) is 0. The van der Waals surface area contributed by atoms with Crippen LogP contribution in [-0.2, 0) is 11.0 Å². The van der Waals surface area contributed by atoms with Crippen molar-refractivity contribution in [1.29, 1.82) is 0 Å². The number of halogens is 3. The maximum absolute atomic E-state index is 13.1. The third-order valence-corrected chi connectivity index (χ3v) is 5.33. The summed E-state index contributed by atoms with van der Waals surface area (Å²) < 4.78 is 38.8. The van der Waals surface area contributed by atoms with Crippen molar-refractivity contribution in [1.82, 2.24) is 0 Å². The summed E-state index contributed by atoms with van der Waals surface area (Å²) in [7, 11) is 0. The average molecular weight is 433 g/mol. The summed E-state index contributed by atoms with van der Waals surface area (Å²) in [5, 5.41) is 11.4. The lowest BCUT2D eigenvalue weighted by atomic mass is 9.94. The molecule has 0 unspecified atom stereocenters. The molecule has 0 radical (unpaired) electrons. The Bertz CT molecular complexity index is 955. The van der Waals surface area contributed by atoms with E-state index in [9.17, 15) is 28.1 Å². The fraction of sp³-hybridized carbons (Fsp3) is 0.318. The van der Waals surface area contributed by atoms with E-state index in [1.54, 1.807) is 15.9 Å². The molecule has 1 amide bonds. The lowest BCUT2D eigenvalue weighted by Gasteiger charge is -2.35. The lowest BCUT2D eigenvalue weighted by molar-refractivity contribution is -0.384. The summed E-state index contributed by atoms with van der Waals surface area (Å²) in [5.74, 6) is -0.349.